The molecule has 3 N–H and O–H groups in total. The molecule has 1 fully saturated rings. The van der Waals surface area contributed by atoms with Gasteiger partial charge in [0, 0.05) is 23.8 Å². The van der Waals surface area contributed by atoms with E-state index in [9.17, 15) is 5.11 Å². The van der Waals surface area contributed by atoms with Crippen LogP contribution in [0.1, 0.15) is 18.9 Å². The Hall–Kier alpha value is -0.770. The minimum Gasteiger partial charge on any atom is -0.398 e. The molecule has 1 aromatic carbocycles. The molecule has 0 saturated carbocycles. The van der Waals surface area contributed by atoms with E-state index >= 15 is 0 Å². The van der Waals surface area contributed by atoms with E-state index in [0.717, 1.165) is 37.3 Å². The summed E-state index contributed by atoms with van der Waals surface area (Å²) in [6, 6.07) is 5.60. The predicted molar refractivity (Wildman–Crippen MR) is 70.9 cm³/mol. The molecule has 17 heavy (non-hydrogen) atoms. The number of nitrogens with zero attached hydrogens (tertiary/aromatic N) is 1. The number of likely N-dealkylation sites (tertiary alicyclic amines) is 1. The zero-order chi connectivity index (χ0) is 12.4. The number of hydrogen-bond donors (Lipinski definition) is 2. The Kier molecular flexibility index (Phi) is 3.92. The molecule has 0 bridgehead atoms. The molecule has 1 saturated heterocycles. The van der Waals surface area contributed by atoms with E-state index in [1.807, 2.05) is 12.1 Å². The smallest absolute Gasteiger partial charge is 0.0693 e. The molecule has 2 rings (SSSR count). The second kappa shape index (κ2) is 5.25. The lowest BCUT2D eigenvalue weighted by atomic mass is 9.95. The Morgan fingerprint density at radius 3 is 2.94 bits per heavy atom. The molecule has 0 radical (unpaired) electrons. The summed E-state index contributed by atoms with van der Waals surface area (Å²) in [5.74, 6) is 0.397. The zero-order valence-corrected chi connectivity index (χ0v) is 10.8. The van der Waals surface area contributed by atoms with Gasteiger partial charge in [0.15, 0.2) is 0 Å². The lowest BCUT2D eigenvalue weighted by molar-refractivity contribution is 0.0260. The summed E-state index contributed by atoms with van der Waals surface area (Å²) in [6.07, 6.45) is 0.812. The second-order valence-corrected chi connectivity index (χ2v) is 5.35. The third kappa shape index (κ3) is 3.12. The lowest BCUT2D eigenvalue weighted by Gasteiger charge is -2.34. The number of aliphatic hydroxyl groups excluding tert-OH is 1. The van der Waals surface area contributed by atoms with Crippen LogP contribution >= 0.6 is 11.6 Å². The molecule has 0 amide bonds. The molecule has 0 aromatic heterocycles. The molecule has 1 aliphatic heterocycles. The molecule has 2 unspecified atom stereocenters. The maximum Gasteiger partial charge on any atom is 0.0693 e. The highest BCUT2D eigenvalue weighted by atomic mass is 35.5. The van der Waals surface area contributed by atoms with E-state index in [4.69, 9.17) is 17.3 Å². The van der Waals surface area contributed by atoms with Gasteiger partial charge in [-0.3, -0.25) is 4.90 Å². The first-order valence-electron chi connectivity index (χ1n) is 6.00. The fourth-order valence-electron chi connectivity index (χ4n) is 2.21. The highest BCUT2D eigenvalue weighted by Crippen LogP contribution is 2.23. The van der Waals surface area contributed by atoms with Crippen LogP contribution in [0, 0.1) is 5.92 Å². The average Bonchev–Trinajstić information content (AvgIpc) is 2.27. The van der Waals surface area contributed by atoms with Crippen molar-refractivity contribution >= 4 is 17.3 Å². The number of aliphatic hydroxyl groups is 1. The number of β-amino-alcohol motifs (C(OH)–C–C–N with tert-alkyl or cyclic N) is 1. The Labute approximate surface area is 107 Å². The molecule has 2 atom stereocenters. The van der Waals surface area contributed by atoms with Gasteiger partial charge in [-0.15, -0.1) is 0 Å². The van der Waals surface area contributed by atoms with E-state index in [1.54, 1.807) is 6.07 Å². The molecule has 94 valence electrons. The van der Waals surface area contributed by atoms with Gasteiger partial charge in [-0.25, -0.2) is 0 Å². The molecule has 1 aromatic rings. The summed E-state index contributed by atoms with van der Waals surface area (Å²) in [5, 5.41) is 10.5. The highest BCUT2D eigenvalue weighted by molar-refractivity contribution is 6.30. The Bertz CT molecular complexity index is 397. The standard InChI is InChI=1S/C13H19ClN2O/c1-9-4-5-16(8-13(9)17)7-10-2-3-11(14)6-12(10)15/h2-3,6,9,13,17H,4-5,7-8,15H2,1H3. The zero-order valence-electron chi connectivity index (χ0n) is 10.1. The average molecular weight is 255 g/mol. The first-order valence-corrected chi connectivity index (χ1v) is 6.38. The van der Waals surface area contributed by atoms with Gasteiger partial charge in [-0.05, 0) is 36.6 Å². The summed E-state index contributed by atoms with van der Waals surface area (Å²) in [7, 11) is 0. The van der Waals surface area contributed by atoms with Crippen LogP contribution in [0.3, 0.4) is 0 Å². The maximum absolute atomic E-state index is 9.85. The summed E-state index contributed by atoms with van der Waals surface area (Å²) in [6.45, 7) is 4.62. The molecule has 4 heteroatoms. The van der Waals surface area contributed by atoms with Crippen molar-refractivity contribution in [1.29, 1.82) is 0 Å². The van der Waals surface area contributed by atoms with Crippen LogP contribution < -0.4 is 5.73 Å². The fourth-order valence-corrected chi connectivity index (χ4v) is 2.39. The third-order valence-electron chi connectivity index (χ3n) is 3.50. The quantitative estimate of drug-likeness (QED) is 0.795. The molecule has 1 aliphatic rings. The second-order valence-electron chi connectivity index (χ2n) is 4.91. The predicted octanol–water partition coefficient (Wildman–Crippen LogP) is 2.12. The minimum atomic E-state index is -0.225. The van der Waals surface area contributed by atoms with Gasteiger partial charge in [-0.2, -0.15) is 0 Å². The first-order chi connectivity index (χ1) is 8.06. The van der Waals surface area contributed by atoms with Crippen LogP contribution in [-0.4, -0.2) is 29.2 Å². The van der Waals surface area contributed by atoms with Crippen molar-refractivity contribution < 1.29 is 5.11 Å². The lowest BCUT2D eigenvalue weighted by Crippen LogP contribution is -2.42. The maximum atomic E-state index is 9.85. The fraction of sp³-hybridized carbons (Fsp3) is 0.538. The van der Waals surface area contributed by atoms with Crippen LogP contribution in [-0.2, 0) is 6.54 Å². The van der Waals surface area contributed by atoms with E-state index in [1.165, 1.54) is 0 Å². The normalized spacial score (nSPS) is 26.1. The molecular weight excluding hydrogens is 236 g/mol. The van der Waals surface area contributed by atoms with Gasteiger partial charge in [0.25, 0.3) is 0 Å². The number of anilines is 1. The monoisotopic (exact) mass is 254 g/mol. The number of hydrogen-bond acceptors (Lipinski definition) is 3. The van der Waals surface area contributed by atoms with Crippen LogP contribution in [0.4, 0.5) is 5.69 Å². The van der Waals surface area contributed by atoms with Crippen molar-refractivity contribution in [2.45, 2.75) is 26.0 Å². The highest BCUT2D eigenvalue weighted by Gasteiger charge is 2.24. The van der Waals surface area contributed by atoms with Gasteiger partial charge in [0.05, 0.1) is 6.10 Å². The van der Waals surface area contributed by atoms with Crippen LogP contribution in [0.25, 0.3) is 0 Å². The largest absolute Gasteiger partial charge is 0.398 e. The molecule has 0 aliphatic carbocycles. The number of benzene rings is 1. The van der Waals surface area contributed by atoms with Crippen molar-refractivity contribution in [2.24, 2.45) is 5.92 Å². The van der Waals surface area contributed by atoms with Crippen LogP contribution in [0.15, 0.2) is 18.2 Å². The van der Waals surface area contributed by atoms with Crippen molar-refractivity contribution in [3.63, 3.8) is 0 Å². The third-order valence-corrected chi connectivity index (χ3v) is 3.74. The van der Waals surface area contributed by atoms with Gasteiger partial charge >= 0.3 is 0 Å². The number of rotatable bonds is 2. The Morgan fingerprint density at radius 2 is 2.29 bits per heavy atom. The Morgan fingerprint density at radius 1 is 1.53 bits per heavy atom. The minimum absolute atomic E-state index is 0.225. The topological polar surface area (TPSA) is 49.5 Å². The van der Waals surface area contributed by atoms with Crippen LogP contribution in [0.5, 0.6) is 0 Å². The van der Waals surface area contributed by atoms with Gasteiger partial charge in [0.2, 0.25) is 0 Å². The van der Waals surface area contributed by atoms with Crippen molar-refractivity contribution in [3.8, 4) is 0 Å². The summed E-state index contributed by atoms with van der Waals surface area (Å²) in [5.41, 5.74) is 7.73. The molecule has 1 heterocycles. The van der Waals surface area contributed by atoms with Gasteiger partial charge in [-0.1, -0.05) is 24.6 Å². The van der Waals surface area contributed by atoms with Crippen molar-refractivity contribution in [2.75, 3.05) is 18.8 Å². The number of halogens is 1. The van der Waals surface area contributed by atoms with Crippen molar-refractivity contribution in [3.05, 3.63) is 28.8 Å². The van der Waals surface area contributed by atoms with E-state index in [0.29, 0.717) is 10.9 Å². The first kappa shape index (κ1) is 12.7. The number of nitrogen functional groups attached to an aromatic ring is 1. The SMILES string of the molecule is CC1CCN(Cc2ccc(Cl)cc2N)CC1O. The van der Waals surface area contributed by atoms with Gasteiger partial charge < -0.3 is 10.8 Å². The van der Waals surface area contributed by atoms with Crippen molar-refractivity contribution in [1.82, 2.24) is 4.90 Å². The van der Waals surface area contributed by atoms with E-state index < -0.39 is 0 Å². The summed E-state index contributed by atoms with van der Waals surface area (Å²) >= 11 is 5.87. The summed E-state index contributed by atoms with van der Waals surface area (Å²) < 4.78 is 0. The molecule has 0 spiro atoms. The summed E-state index contributed by atoms with van der Waals surface area (Å²) in [4.78, 5) is 2.24. The molecular formula is C13H19ClN2O. The van der Waals surface area contributed by atoms with E-state index in [2.05, 4.69) is 11.8 Å². The Balaban J connectivity index is 2.01. The molecule has 3 nitrogen and oxygen atoms in total. The number of piperidine rings is 1. The number of nitrogens with two attached hydrogens (primary N) is 1. The van der Waals surface area contributed by atoms with Crippen LogP contribution in [0.2, 0.25) is 5.02 Å². The van der Waals surface area contributed by atoms with Gasteiger partial charge in [0.1, 0.15) is 0 Å². The van der Waals surface area contributed by atoms with E-state index in [-0.39, 0.29) is 6.10 Å².